The summed E-state index contributed by atoms with van der Waals surface area (Å²) in [6, 6.07) is 14.3. The maximum Gasteiger partial charge on any atom is 0.269 e. The zero-order valence-electron chi connectivity index (χ0n) is 21.2. The molecule has 0 unspecified atom stereocenters. The van der Waals surface area contributed by atoms with Crippen molar-refractivity contribution in [3.63, 3.8) is 0 Å². The molecule has 0 aliphatic carbocycles. The number of nitrogens with zero attached hydrogens (tertiary/aromatic N) is 5. The van der Waals surface area contributed by atoms with E-state index in [1.165, 1.54) is 12.1 Å². The molecule has 0 radical (unpaired) electrons. The number of hydrogen-bond acceptors (Lipinski definition) is 7. The second kappa shape index (κ2) is 10.9. The maximum absolute atomic E-state index is 13.7. The van der Waals surface area contributed by atoms with Gasteiger partial charge in [-0.05, 0) is 43.5 Å². The van der Waals surface area contributed by atoms with Crippen molar-refractivity contribution in [2.45, 2.75) is 37.8 Å². The zero-order chi connectivity index (χ0) is 25.9. The molecule has 0 spiro atoms. The number of aryl methyl sites for hydroxylation is 1. The molecule has 1 aromatic heterocycles. The van der Waals surface area contributed by atoms with Gasteiger partial charge in [-0.15, -0.1) is 0 Å². The van der Waals surface area contributed by atoms with Crippen molar-refractivity contribution in [2.75, 3.05) is 44.8 Å². The zero-order valence-corrected chi connectivity index (χ0v) is 21.2. The van der Waals surface area contributed by atoms with E-state index in [0.717, 1.165) is 54.9 Å². The van der Waals surface area contributed by atoms with E-state index in [0.29, 0.717) is 26.2 Å². The number of hydrogen-bond donors (Lipinski definition) is 1. The molecule has 3 heterocycles. The van der Waals surface area contributed by atoms with Gasteiger partial charge in [0.25, 0.3) is 5.69 Å². The second-order valence-corrected chi connectivity index (χ2v) is 10.0. The average molecular weight is 507 g/mol. The highest BCUT2D eigenvalue weighted by molar-refractivity contribution is 5.81. The molecule has 3 aromatic rings. The summed E-state index contributed by atoms with van der Waals surface area (Å²) < 4.78 is 7.57. The summed E-state index contributed by atoms with van der Waals surface area (Å²) >= 11 is 0. The van der Waals surface area contributed by atoms with Gasteiger partial charge in [0.05, 0.1) is 21.9 Å². The summed E-state index contributed by atoms with van der Waals surface area (Å²) in [7, 11) is 1.72. The normalized spacial score (nSPS) is 22.1. The number of anilines is 1. The number of piperidine rings is 1. The number of non-ortho nitro benzene ring substituents is 1. The van der Waals surface area contributed by atoms with Crippen LogP contribution in [0.2, 0.25) is 0 Å². The van der Waals surface area contributed by atoms with Crippen LogP contribution in [0.1, 0.15) is 31.0 Å². The van der Waals surface area contributed by atoms with E-state index >= 15 is 0 Å². The van der Waals surface area contributed by atoms with Gasteiger partial charge in [0.2, 0.25) is 5.91 Å². The molecular weight excluding hydrogens is 472 g/mol. The second-order valence-electron chi connectivity index (χ2n) is 10.0. The molecule has 2 saturated heterocycles. The number of nitro benzene ring substituents is 1. The number of methoxy groups -OCH3 is 1. The largest absolute Gasteiger partial charge is 0.385 e. The van der Waals surface area contributed by atoms with Crippen LogP contribution in [0.3, 0.4) is 0 Å². The number of carbonyl (C=O) groups is 1. The number of nitro groups is 1. The molecule has 3 atom stereocenters. The van der Waals surface area contributed by atoms with E-state index in [-0.39, 0.29) is 29.5 Å². The number of ether oxygens (including phenoxy) is 1. The standard InChI is InChI=1S/C27H34N6O4/c1-37-15-5-14-32-25-8-3-2-7-24(25)29-26(32)19-6-4-13-30(16-19)27(34)22-17-31(18-23(22)28)20-9-11-21(12-10-20)33(35)36/h2-3,7-12,19,22-23H,4-6,13-18,28H2,1H3/t19-,22-,23-/m1/s1. The Kier molecular flexibility index (Phi) is 7.38. The van der Waals surface area contributed by atoms with Gasteiger partial charge in [-0.3, -0.25) is 14.9 Å². The van der Waals surface area contributed by atoms with Crippen LogP contribution in [0.4, 0.5) is 11.4 Å². The molecule has 0 saturated carbocycles. The van der Waals surface area contributed by atoms with Gasteiger partial charge < -0.3 is 24.8 Å². The van der Waals surface area contributed by atoms with E-state index in [1.807, 2.05) is 28.0 Å². The van der Waals surface area contributed by atoms with Crippen LogP contribution >= 0.6 is 0 Å². The summed E-state index contributed by atoms with van der Waals surface area (Å²) in [6.45, 7) is 3.92. The average Bonchev–Trinajstić information content (AvgIpc) is 3.49. The van der Waals surface area contributed by atoms with E-state index in [2.05, 4.69) is 10.6 Å². The third-order valence-corrected chi connectivity index (χ3v) is 7.62. The molecule has 5 rings (SSSR count). The minimum atomic E-state index is -0.412. The Morgan fingerprint density at radius 2 is 1.95 bits per heavy atom. The van der Waals surface area contributed by atoms with E-state index in [9.17, 15) is 14.9 Å². The Balaban J connectivity index is 1.30. The lowest BCUT2D eigenvalue weighted by molar-refractivity contribution is -0.384. The lowest BCUT2D eigenvalue weighted by Crippen LogP contribution is -2.47. The van der Waals surface area contributed by atoms with Gasteiger partial charge in [0.1, 0.15) is 5.82 Å². The predicted molar refractivity (Wildman–Crippen MR) is 142 cm³/mol. The Hall–Kier alpha value is -3.50. The van der Waals surface area contributed by atoms with Gasteiger partial charge in [0, 0.05) is 76.2 Å². The van der Waals surface area contributed by atoms with Gasteiger partial charge >= 0.3 is 0 Å². The molecular formula is C27H34N6O4. The molecule has 1 amide bonds. The summed E-state index contributed by atoms with van der Waals surface area (Å²) in [5.74, 6) is 0.979. The third kappa shape index (κ3) is 5.17. The molecule has 37 heavy (non-hydrogen) atoms. The Bertz CT molecular complexity index is 1260. The molecule has 2 N–H and O–H groups in total. The number of carbonyl (C=O) groups excluding carboxylic acids is 1. The molecule has 2 aliphatic heterocycles. The lowest BCUT2D eigenvalue weighted by atomic mass is 9.94. The number of likely N-dealkylation sites (tertiary alicyclic amines) is 1. The van der Waals surface area contributed by atoms with Crippen molar-refractivity contribution >= 4 is 28.3 Å². The van der Waals surface area contributed by atoms with Crippen molar-refractivity contribution in [3.05, 3.63) is 64.5 Å². The summed E-state index contributed by atoms with van der Waals surface area (Å²) in [6.07, 6.45) is 2.81. The number of imidazole rings is 1. The van der Waals surface area contributed by atoms with Gasteiger partial charge in [-0.2, -0.15) is 0 Å². The number of fused-ring (bicyclic) bond motifs is 1. The molecule has 2 aromatic carbocycles. The fourth-order valence-corrected chi connectivity index (χ4v) is 5.72. The third-order valence-electron chi connectivity index (χ3n) is 7.62. The van der Waals surface area contributed by atoms with Crippen molar-refractivity contribution in [1.82, 2.24) is 14.5 Å². The molecule has 2 fully saturated rings. The van der Waals surface area contributed by atoms with Crippen molar-refractivity contribution in [1.29, 1.82) is 0 Å². The Morgan fingerprint density at radius 3 is 2.70 bits per heavy atom. The van der Waals surface area contributed by atoms with E-state index in [1.54, 1.807) is 19.2 Å². The number of para-hydroxylation sites is 2. The van der Waals surface area contributed by atoms with Crippen LogP contribution < -0.4 is 10.6 Å². The first-order chi connectivity index (χ1) is 18.0. The van der Waals surface area contributed by atoms with Crippen molar-refractivity contribution in [2.24, 2.45) is 11.7 Å². The first kappa shape index (κ1) is 25.2. The summed E-state index contributed by atoms with van der Waals surface area (Å²) in [4.78, 5) is 33.2. The number of rotatable bonds is 8. The SMILES string of the molecule is COCCCn1c([C@@H]2CCCN(C(=O)[C@@H]3CN(c4ccc([N+](=O)[O-])cc4)C[C@H]3N)C2)nc2ccccc21. The molecule has 196 valence electrons. The number of amides is 1. The highest BCUT2D eigenvalue weighted by Gasteiger charge is 2.39. The highest BCUT2D eigenvalue weighted by Crippen LogP contribution is 2.32. The van der Waals surface area contributed by atoms with Crippen LogP contribution in [0.15, 0.2) is 48.5 Å². The van der Waals surface area contributed by atoms with Crippen LogP contribution in [0.25, 0.3) is 11.0 Å². The van der Waals surface area contributed by atoms with Gasteiger partial charge in [-0.1, -0.05) is 12.1 Å². The van der Waals surface area contributed by atoms with Crippen molar-refractivity contribution in [3.8, 4) is 0 Å². The number of aromatic nitrogens is 2. The van der Waals surface area contributed by atoms with Crippen LogP contribution in [0, 0.1) is 16.0 Å². The minimum absolute atomic E-state index is 0.0486. The lowest BCUT2D eigenvalue weighted by Gasteiger charge is -2.35. The molecule has 10 heteroatoms. The smallest absolute Gasteiger partial charge is 0.269 e. The van der Waals surface area contributed by atoms with Gasteiger partial charge in [0.15, 0.2) is 0 Å². The predicted octanol–water partition coefficient (Wildman–Crippen LogP) is 3.15. The number of benzene rings is 2. The first-order valence-electron chi connectivity index (χ1n) is 12.9. The molecule has 10 nitrogen and oxygen atoms in total. The Labute approximate surface area is 216 Å². The maximum atomic E-state index is 13.7. The highest BCUT2D eigenvalue weighted by atomic mass is 16.6. The minimum Gasteiger partial charge on any atom is -0.385 e. The fourth-order valence-electron chi connectivity index (χ4n) is 5.72. The molecule has 0 bridgehead atoms. The van der Waals surface area contributed by atoms with Gasteiger partial charge in [-0.25, -0.2) is 4.98 Å². The summed E-state index contributed by atoms with van der Waals surface area (Å²) in [5.41, 5.74) is 9.45. The number of nitrogens with two attached hydrogens (primary N) is 1. The monoisotopic (exact) mass is 506 g/mol. The van der Waals surface area contributed by atoms with Crippen LogP contribution in [-0.4, -0.2) is 71.2 Å². The van der Waals surface area contributed by atoms with Crippen LogP contribution in [-0.2, 0) is 16.1 Å². The first-order valence-corrected chi connectivity index (χ1v) is 12.9. The van der Waals surface area contributed by atoms with E-state index < -0.39 is 4.92 Å². The van der Waals surface area contributed by atoms with Crippen LogP contribution in [0.5, 0.6) is 0 Å². The fraction of sp³-hybridized carbons (Fsp3) is 0.481. The summed E-state index contributed by atoms with van der Waals surface area (Å²) in [5, 5.41) is 11.0. The quantitative estimate of drug-likeness (QED) is 0.283. The van der Waals surface area contributed by atoms with E-state index in [4.69, 9.17) is 15.5 Å². The topological polar surface area (TPSA) is 120 Å². The molecule has 2 aliphatic rings. The van der Waals surface area contributed by atoms with Crippen molar-refractivity contribution < 1.29 is 14.5 Å². The Morgan fingerprint density at radius 1 is 1.16 bits per heavy atom.